The van der Waals surface area contributed by atoms with Crippen molar-refractivity contribution in [2.24, 2.45) is 0 Å². The largest absolute Gasteiger partial charge is 0.497 e. The summed E-state index contributed by atoms with van der Waals surface area (Å²) in [4.78, 5) is 0. The minimum Gasteiger partial charge on any atom is -0.497 e. The van der Waals surface area contributed by atoms with Crippen LogP contribution in [0.5, 0.6) is 5.75 Å². The maximum Gasteiger partial charge on any atom is 0.118 e. The van der Waals surface area contributed by atoms with Crippen LogP contribution < -0.4 is 4.74 Å². The van der Waals surface area contributed by atoms with Gasteiger partial charge in [-0.3, -0.25) is 4.68 Å². The van der Waals surface area contributed by atoms with Crippen molar-refractivity contribution in [3.8, 4) is 5.75 Å². The summed E-state index contributed by atoms with van der Waals surface area (Å²) in [6, 6.07) is 8.10. The minimum atomic E-state index is 0.516. The first kappa shape index (κ1) is 12.0. The lowest BCUT2D eigenvalue weighted by Crippen LogP contribution is -2.01. The molecule has 0 spiro atoms. The van der Waals surface area contributed by atoms with Crippen LogP contribution in [0.25, 0.3) is 0 Å². The van der Waals surface area contributed by atoms with Crippen LogP contribution in [0.2, 0.25) is 0 Å². The first-order valence-electron chi connectivity index (χ1n) is 5.52. The van der Waals surface area contributed by atoms with Crippen LogP contribution in [0.1, 0.15) is 11.1 Å². The van der Waals surface area contributed by atoms with E-state index >= 15 is 0 Å². The Labute approximate surface area is 106 Å². The standard InChI is InChI=1S/C13H15ClN2O/c1-17-13-4-2-11(3-5-13)6-7-16-10-12(8-14)9-15-16/h2-5,9-10H,6-8H2,1H3. The molecule has 3 nitrogen and oxygen atoms in total. The van der Waals surface area contributed by atoms with Crippen molar-refractivity contribution in [2.75, 3.05) is 7.11 Å². The summed E-state index contributed by atoms with van der Waals surface area (Å²) in [6.07, 6.45) is 4.74. The highest BCUT2D eigenvalue weighted by molar-refractivity contribution is 6.17. The Morgan fingerprint density at radius 1 is 1.24 bits per heavy atom. The van der Waals surface area contributed by atoms with Crippen molar-refractivity contribution in [3.63, 3.8) is 0 Å². The Morgan fingerprint density at radius 3 is 2.59 bits per heavy atom. The van der Waals surface area contributed by atoms with Crippen molar-refractivity contribution in [2.45, 2.75) is 18.8 Å². The molecule has 1 aromatic carbocycles. The molecule has 1 aromatic heterocycles. The van der Waals surface area contributed by atoms with Gasteiger partial charge in [0.2, 0.25) is 0 Å². The van der Waals surface area contributed by atoms with Gasteiger partial charge in [0.1, 0.15) is 5.75 Å². The number of aryl methyl sites for hydroxylation is 2. The molecule has 0 aliphatic carbocycles. The zero-order chi connectivity index (χ0) is 12.1. The third-order valence-corrected chi connectivity index (χ3v) is 2.94. The predicted octanol–water partition coefficient (Wildman–Crippen LogP) is 2.87. The van der Waals surface area contributed by atoms with Crippen molar-refractivity contribution in [1.82, 2.24) is 9.78 Å². The molecule has 90 valence electrons. The second-order valence-electron chi connectivity index (χ2n) is 3.84. The Morgan fingerprint density at radius 2 is 2.00 bits per heavy atom. The number of hydrogen-bond acceptors (Lipinski definition) is 2. The molecular formula is C13H15ClN2O. The molecule has 0 radical (unpaired) electrons. The van der Waals surface area contributed by atoms with Crippen LogP contribution in [-0.4, -0.2) is 16.9 Å². The lowest BCUT2D eigenvalue weighted by Gasteiger charge is -2.03. The molecule has 17 heavy (non-hydrogen) atoms. The molecule has 0 amide bonds. The smallest absolute Gasteiger partial charge is 0.118 e. The van der Waals surface area contributed by atoms with Crippen molar-refractivity contribution >= 4 is 11.6 Å². The van der Waals surface area contributed by atoms with Gasteiger partial charge in [-0.25, -0.2) is 0 Å². The van der Waals surface area contributed by atoms with Gasteiger partial charge in [-0.05, 0) is 24.1 Å². The van der Waals surface area contributed by atoms with Crippen LogP contribution in [0.4, 0.5) is 0 Å². The molecule has 0 saturated carbocycles. The van der Waals surface area contributed by atoms with Crippen LogP contribution in [0.3, 0.4) is 0 Å². The van der Waals surface area contributed by atoms with E-state index < -0.39 is 0 Å². The van der Waals surface area contributed by atoms with E-state index in [1.165, 1.54) is 5.56 Å². The first-order chi connectivity index (χ1) is 8.31. The summed E-state index contributed by atoms with van der Waals surface area (Å²) < 4.78 is 7.04. The van der Waals surface area contributed by atoms with E-state index in [9.17, 15) is 0 Å². The Balaban J connectivity index is 1.92. The zero-order valence-electron chi connectivity index (χ0n) is 9.77. The molecule has 0 atom stereocenters. The number of nitrogens with zero attached hydrogens (tertiary/aromatic N) is 2. The van der Waals surface area contributed by atoms with Gasteiger partial charge in [0, 0.05) is 18.3 Å². The predicted molar refractivity (Wildman–Crippen MR) is 68.5 cm³/mol. The second kappa shape index (κ2) is 5.73. The number of rotatable bonds is 5. The Hall–Kier alpha value is -1.48. The summed E-state index contributed by atoms with van der Waals surface area (Å²) >= 11 is 5.72. The summed E-state index contributed by atoms with van der Waals surface area (Å²) in [6.45, 7) is 0.864. The molecule has 0 fully saturated rings. The molecule has 0 unspecified atom stereocenters. The van der Waals surface area contributed by atoms with E-state index in [0.29, 0.717) is 5.88 Å². The van der Waals surface area contributed by atoms with Gasteiger partial charge < -0.3 is 4.74 Å². The van der Waals surface area contributed by atoms with Crippen LogP contribution in [0.15, 0.2) is 36.7 Å². The molecular weight excluding hydrogens is 236 g/mol. The summed E-state index contributed by atoms with van der Waals surface area (Å²) in [7, 11) is 1.67. The first-order valence-corrected chi connectivity index (χ1v) is 6.05. The average molecular weight is 251 g/mol. The minimum absolute atomic E-state index is 0.516. The van der Waals surface area contributed by atoms with E-state index in [-0.39, 0.29) is 0 Å². The van der Waals surface area contributed by atoms with Crippen molar-refractivity contribution < 1.29 is 4.74 Å². The normalized spacial score (nSPS) is 10.5. The van der Waals surface area contributed by atoms with Gasteiger partial charge >= 0.3 is 0 Å². The fraction of sp³-hybridized carbons (Fsp3) is 0.308. The zero-order valence-corrected chi connectivity index (χ0v) is 10.5. The quantitative estimate of drug-likeness (QED) is 0.763. The maximum atomic E-state index is 5.72. The van der Waals surface area contributed by atoms with Gasteiger partial charge in [-0.2, -0.15) is 5.10 Å². The fourth-order valence-electron chi connectivity index (χ4n) is 1.63. The van der Waals surface area contributed by atoms with Gasteiger partial charge in [0.25, 0.3) is 0 Å². The van der Waals surface area contributed by atoms with Gasteiger partial charge in [-0.15, -0.1) is 11.6 Å². The van der Waals surface area contributed by atoms with Crippen molar-refractivity contribution in [3.05, 3.63) is 47.8 Å². The number of benzene rings is 1. The molecule has 0 aliphatic rings. The summed E-state index contributed by atoms with van der Waals surface area (Å²) in [5.41, 5.74) is 2.33. The molecule has 1 heterocycles. The topological polar surface area (TPSA) is 27.1 Å². The van der Waals surface area contributed by atoms with Crippen molar-refractivity contribution in [1.29, 1.82) is 0 Å². The highest BCUT2D eigenvalue weighted by Gasteiger charge is 1.99. The highest BCUT2D eigenvalue weighted by Crippen LogP contribution is 2.12. The van der Waals surface area contributed by atoms with Crippen LogP contribution >= 0.6 is 11.6 Å². The van der Waals surface area contributed by atoms with Crippen LogP contribution in [-0.2, 0) is 18.8 Å². The molecule has 0 bridgehead atoms. The second-order valence-corrected chi connectivity index (χ2v) is 4.11. The summed E-state index contributed by atoms with van der Waals surface area (Å²) in [5.74, 6) is 1.40. The maximum absolute atomic E-state index is 5.72. The SMILES string of the molecule is COc1ccc(CCn2cc(CCl)cn2)cc1. The van der Waals surface area contributed by atoms with Gasteiger partial charge in [-0.1, -0.05) is 12.1 Å². The number of methoxy groups -OCH3 is 1. The molecule has 4 heteroatoms. The molecule has 0 saturated heterocycles. The number of halogens is 1. The number of aromatic nitrogens is 2. The van der Waals surface area contributed by atoms with E-state index in [0.717, 1.165) is 24.3 Å². The molecule has 2 aromatic rings. The molecule has 2 rings (SSSR count). The third-order valence-electron chi connectivity index (χ3n) is 2.63. The molecule has 0 aliphatic heterocycles. The monoisotopic (exact) mass is 250 g/mol. The van der Waals surface area contributed by atoms with E-state index in [1.54, 1.807) is 13.3 Å². The van der Waals surface area contributed by atoms with E-state index in [4.69, 9.17) is 16.3 Å². The number of alkyl halides is 1. The van der Waals surface area contributed by atoms with E-state index in [2.05, 4.69) is 17.2 Å². The highest BCUT2D eigenvalue weighted by atomic mass is 35.5. The Bertz CT molecular complexity index is 465. The Kier molecular flexibility index (Phi) is 4.04. The van der Waals surface area contributed by atoms with Gasteiger partial charge in [0.05, 0.1) is 19.2 Å². The lowest BCUT2D eigenvalue weighted by molar-refractivity contribution is 0.414. The lowest BCUT2D eigenvalue weighted by atomic mass is 10.1. The van der Waals surface area contributed by atoms with E-state index in [1.807, 2.05) is 23.0 Å². The van der Waals surface area contributed by atoms with Gasteiger partial charge in [0.15, 0.2) is 0 Å². The number of ether oxygens (including phenoxy) is 1. The number of hydrogen-bond donors (Lipinski definition) is 0. The third kappa shape index (κ3) is 3.24. The fourth-order valence-corrected chi connectivity index (χ4v) is 1.77. The summed E-state index contributed by atoms with van der Waals surface area (Å²) in [5, 5.41) is 4.24. The van der Waals surface area contributed by atoms with Crippen LogP contribution in [0, 0.1) is 0 Å². The average Bonchev–Trinajstić information content (AvgIpc) is 2.85. The molecule has 0 N–H and O–H groups in total.